The molecular weight excluding hydrogens is 142 g/mol. The largest absolute Gasteiger partial charge is 0.396 e. The van der Waals surface area contributed by atoms with Crippen LogP contribution >= 0.6 is 0 Å². The molecule has 0 aromatic carbocycles. The highest BCUT2D eigenvalue weighted by atomic mass is 16.3. The molecule has 11 heavy (non-hydrogen) atoms. The van der Waals surface area contributed by atoms with Gasteiger partial charge in [-0.3, -0.25) is 4.79 Å². The second-order valence-electron chi connectivity index (χ2n) is 3.13. The van der Waals surface area contributed by atoms with Crippen molar-refractivity contribution >= 4 is 5.91 Å². The minimum atomic E-state index is 0.158. The molecule has 1 fully saturated rings. The molecule has 0 saturated carbocycles. The van der Waals surface area contributed by atoms with Gasteiger partial charge in [0, 0.05) is 26.6 Å². The normalized spacial score (nSPS) is 24.2. The molecule has 0 aromatic heterocycles. The van der Waals surface area contributed by atoms with Crippen LogP contribution in [0.15, 0.2) is 0 Å². The fraction of sp³-hybridized carbons (Fsp3) is 0.875. The molecule has 1 amide bonds. The first kappa shape index (κ1) is 8.53. The maximum atomic E-state index is 10.9. The minimum Gasteiger partial charge on any atom is -0.396 e. The van der Waals surface area contributed by atoms with Crippen LogP contribution in [0, 0.1) is 5.92 Å². The smallest absolute Gasteiger partial charge is 0.219 e. The van der Waals surface area contributed by atoms with E-state index in [4.69, 9.17) is 5.11 Å². The Morgan fingerprint density at radius 3 is 2.91 bits per heavy atom. The molecule has 1 N–H and O–H groups in total. The fourth-order valence-corrected chi connectivity index (χ4v) is 1.54. The van der Waals surface area contributed by atoms with Crippen LogP contribution in [0.1, 0.15) is 19.8 Å². The molecule has 1 saturated heterocycles. The molecule has 3 nitrogen and oxygen atoms in total. The Bertz CT molecular complexity index is 147. The molecule has 0 spiro atoms. The van der Waals surface area contributed by atoms with Gasteiger partial charge in [-0.05, 0) is 18.8 Å². The predicted octanol–water partition coefficient (Wildman–Crippen LogP) is 0.237. The number of nitrogens with zero attached hydrogens (tertiary/aromatic N) is 1. The maximum Gasteiger partial charge on any atom is 0.219 e. The van der Waals surface area contributed by atoms with Crippen LogP contribution in [0.2, 0.25) is 0 Å². The van der Waals surface area contributed by atoms with E-state index < -0.39 is 0 Å². The summed E-state index contributed by atoms with van der Waals surface area (Å²) in [5, 5.41) is 8.65. The van der Waals surface area contributed by atoms with Gasteiger partial charge in [0.2, 0.25) is 5.91 Å². The zero-order valence-electron chi connectivity index (χ0n) is 6.92. The van der Waals surface area contributed by atoms with Crippen molar-refractivity contribution < 1.29 is 9.90 Å². The van der Waals surface area contributed by atoms with E-state index in [2.05, 4.69) is 0 Å². The number of aliphatic hydroxyl groups excluding tert-OH is 1. The molecule has 0 aliphatic carbocycles. The molecule has 64 valence electrons. The molecular formula is C8H15NO2. The van der Waals surface area contributed by atoms with Gasteiger partial charge in [-0.1, -0.05) is 0 Å². The second-order valence-corrected chi connectivity index (χ2v) is 3.13. The van der Waals surface area contributed by atoms with Crippen molar-refractivity contribution in [3.8, 4) is 0 Å². The molecule has 1 aliphatic rings. The lowest BCUT2D eigenvalue weighted by Crippen LogP contribution is -2.25. The Hall–Kier alpha value is -0.570. The van der Waals surface area contributed by atoms with Gasteiger partial charge in [0.15, 0.2) is 0 Å². The van der Waals surface area contributed by atoms with Crippen molar-refractivity contribution in [2.45, 2.75) is 19.8 Å². The lowest BCUT2D eigenvalue weighted by molar-refractivity contribution is -0.127. The van der Waals surface area contributed by atoms with Crippen molar-refractivity contribution in [1.29, 1.82) is 0 Å². The van der Waals surface area contributed by atoms with Crippen LogP contribution in [0.5, 0.6) is 0 Å². The van der Waals surface area contributed by atoms with E-state index in [0.717, 1.165) is 25.9 Å². The third-order valence-corrected chi connectivity index (χ3v) is 2.27. The van der Waals surface area contributed by atoms with Crippen molar-refractivity contribution in [2.75, 3.05) is 19.7 Å². The summed E-state index contributed by atoms with van der Waals surface area (Å²) in [6, 6.07) is 0. The number of hydrogen-bond acceptors (Lipinski definition) is 2. The maximum absolute atomic E-state index is 10.9. The molecule has 1 aliphatic heterocycles. The highest BCUT2D eigenvalue weighted by molar-refractivity contribution is 5.73. The van der Waals surface area contributed by atoms with Crippen molar-refractivity contribution in [2.24, 2.45) is 5.92 Å². The zero-order chi connectivity index (χ0) is 8.27. The van der Waals surface area contributed by atoms with Gasteiger partial charge in [-0.15, -0.1) is 0 Å². The standard InChI is InChI=1S/C8H15NO2/c1-7(11)9-4-2-8(6-9)3-5-10/h8,10H,2-6H2,1H3/t8-/m1/s1. The summed E-state index contributed by atoms with van der Waals surface area (Å²) in [5.74, 6) is 0.689. The van der Waals surface area contributed by atoms with E-state index in [1.807, 2.05) is 4.90 Å². The van der Waals surface area contributed by atoms with E-state index in [0.29, 0.717) is 5.92 Å². The molecule has 0 unspecified atom stereocenters. The van der Waals surface area contributed by atoms with Gasteiger partial charge in [0.1, 0.15) is 0 Å². The Kier molecular flexibility index (Phi) is 2.88. The van der Waals surface area contributed by atoms with Gasteiger partial charge >= 0.3 is 0 Å². The summed E-state index contributed by atoms with van der Waals surface area (Å²) < 4.78 is 0. The third-order valence-electron chi connectivity index (χ3n) is 2.27. The minimum absolute atomic E-state index is 0.158. The summed E-state index contributed by atoms with van der Waals surface area (Å²) in [4.78, 5) is 12.7. The Morgan fingerprint density at radius 2 is 2.45 bits per heavy atom. The van der Waals surface area contributed by atoms with Gasteiger partial charge in [0.05, 0.1) is 0 Å². The summed E-state index contributed by atoms with van der Waals surface area (Å²) in [5.41, 5.74) is 0. The quantitative estimate of drug-likeness (QED) is 0.623. The zero-order valence-corrected chi connectivity index (χ0v) is 6.92. The number of carbonyl (C=O) groups excluding carboxylic acids is 1. The average Bonchev–Trinajstić information content (AvgIpc) is 2.37. The molecule has 3 heteroatoms. The lowest BCUT2D eigenvalue weighted by atomic mass is 10.1. The molecule has 0 aromatic rings. The van der Waals surface area contributed by atoms with Crippen molar-refractivity contribution in [3.63, 3.8) is 0 Å². The van der Waals surface area contributed by atoms with Crippen LogP contribution in [0.3, 0.4) is 0 Å². The SMILES string of the molecule is CC(=O)N1CC[C@H](CCO)C1. The average molecular weight is 157 g/mol. The Morgan fingerprint density at radius 1 is 1.73 bits per heavy atom. The highest BCUT2D eigenvalue weighted by Crippen LogP contribution is 2.18. The Labute approximate surface area is 67.0 Å². The first-order valence-corrected chi connectivity index (χ1v) is 4.10. The van der Waals surface area contributed by atoms with E-state index >= 15 is 0 Å². The second kappa shape index (κ2) is 3.72. The predicted molar refractivity (Wildman–Crippen MR) is 42.1 cm³/mol. The van der Waals surface area contributed by atoms with E-state index in [-0.39, 0.29) is 12.5 Å². The molecule has 1 heterocycles. The van der Waals surface area contributed by atoms with Gasteiger partial charge in [-0.25, -0.2) is 0 Å². The third kappa shape index (κ3) is 2.19. The van der Waals surface area contributed by atoms with Crippen molar-refractivity contribution in [1.82, 2.24) is 4.90 Å². The van der Waals surface area contributed by atoms with Crippen LogP contribution in [-0.2, 0) is 4.79 Å². The number of carbonyl (C=O) groups is 1. The summed E-state index contributed by atoms with van der Waals surface area (Å²) in [7, 11) is 0. The van der Waals surface area contributed by atoms with Crippen LogP contribution in [0.25, 0.3) is 0 Å². The summed E-state index contributed by atoms with van der Waals surface area (Å²) >= 11 is 0. The van der Waals surface area contributed by atoms with Crippen LogP contribution in [0.4, 0.5) is 0 Å². The van der Waals surface area contributed by atoms with Crippen LogP contribution in [-0.4, -0.2) is 35.6 Å². The lowest BCUT2D eigenvalue weighted by Gasteiger charge is -2.12. The Balaban J connectivity index is 2.29. The van der Waals surface area contributed by atoms with Crippen molar-refractivity contribution in [3.05, 3.63) is 0 Å². The molecule has 0 bridgehead atoms. The van der Waals surface area contributed by atoms with Gasteiger partial charge < -0.3 is 10.0 Å². The number of hydrogen-bond donors (Lipinski definition) is 1. The van der Waals surface area contributed by atoms with Crippen LogP contribution < -0.4 is 0 Å². The first-order valence-electron chi connectivity index (χ1n) is 4.10. The first-order chi connectivity index (χ1) is 5.24. The number of rotatable bonds is 2. The molecule has 0 radical (unpaired) electrons. The van der Waals surface area contributed by atoms with Gasteiger partial charge in [0.25, 0.3) is 0 Å². The number of likely N-dealkylation sites (tertiary alicyclic amines) is 1. The van der Waals surface area contributed by atoms with E-state index in [9.17, 15) is 4.79 Å². The summed E-state index contributed by atoms with van der Waals surface area (Å²) in [6.07, 6.45) is 1.89. The van der Waals surface area contributed by atoms with E-state index in [1.54, 1.807) is 6.92 Å². The highest BCUT2D eigenvalue weighted by Gasteiger charge is 2.22. The van der Waals surface area contributed by atoms with E-state index in [1.165, 1.54) is 0 Å². The summed E-state index contributed by atoms with van der Waals surface area (Å²) in [6.45, 7) is 3.56. The molecule has 1 atom stereocenters. The molecule has 1 rings (SSSR count). The number of aliphatic hydroxyl groups is 1. The monoisotopic (exact) mass is 157 g/mol. The van der Waals surface area contributed by atoms with Gasteiger partial charge in [-0.2, -0.15) is 0 Å². The topological polar surface area (TPSA) is 40.5 Å². The number of amides is 1. The fourth-order valence-electron chi connectivity index (χ4n) is 1.54.